The molecule has 0 unspecified atom stereocenters. The molecule has 0 amide bonds. The Labute approximate surface area is 263 Å². The first kappa shape index (κ1) is 33.8. The van der Waals surface area contributed by atoms with Crippen molar-refractivity contribution in [3.05, 3.63) is 75.0 Å². The van der Waals surface area contributed by atoms with Gasteiger partial charge in [0.2, 0.25) is 10.0 Å². The lowest BCUT2D eigenvalue weighted by Gasteiger charge is -2.43. The van der Waals surface area contributed by atoms with Crippen LogP contribution < -0.4 is 4.90 Å². The van der Waals surface area contributed by atoms with Crippen LogP contribution in [0.15, 0.2) is 28.2 Å². The minimum Gasteiger partial charge on any atom is -0.351 e. The molecule has 5 rings (SSSR count). The lowest BCUT2D eigenvalue weighted by molar-refractivity contribution is -0.143. The highest BCUT2D eigenvalue weighted by Gasteiger charge is 2.48. The van der Waals surface area contributed by atoms with Gasteiger partial charge >= 0.3 is 6.18 Å². The maximum absolute atomic E-state index is 14.8. The number of alkyl halides is 3. The van der Waals surface area contributed by atoms with Gasteiger partial charge in [-0.2, -0.15) is 17.5 Å². The minimum atomic E-state index is -5.89. The first-order valence-corrected chi connectivity index (χ1v) is 15.5. The highest BCUT2D eigenvalue weighted by atomic mass is 35.5. The van der Waals surface area contributed by atoms with Gasteiger partial charge in [0.15, 0.2) is 34.2 Å². The topological polar surface area (TPSA) is 82.0 Å². The van der Waals surface area contributed by atoms with Gasteiger partial charge in [0.1, 0.15) is 28.8 Å². The molecule has 1 atom stereocenters. The van der Waals surface area contributed by atoms with Gasteiger partial charge in [0, 0.05) is 31.9 Å². The van der Waals surface area contributed by atoms with Crippen LogP contribution in [0.1, 0.15) is 49.1 Å². The van der Waals surface area contributed by atoms with Gasteiger partial charge in [-0.05, 0) is 37.5 Å². The fourth-order valence-corrected chi connectivity index (χ4v) is 7.48. The van der Waals surface area contributed by atoms with Gasteiger partial charge < -0.3 is 9.80 Å². The molecule has 248 valence electrons. The summed E-state index contributed by atoms with van der Waals surface area (Å²) in [5.74, 6) is -11.6. The van der Waals surface area contributed by atoms with Gasteiger partial charge in [-0.15, -0.1) is 0 Å². The zero-order valence-electron chi connectivity index (χ0n) is 24.5. The van der Waals surface area contributed by atoms with Crippen molar-refractivity contribution in [3.8, 4) is 0 Å². The zero-order chi connectivity index (χ0) is 34.0. The first-order valence-electron chi connectivity index (χ1n) is 13.7. The fourth-order valence-electron chi connectivity index (χ4n) is 5.58. The molecule has 2 aliphatic heterocycles. The maximum atomic E-state index is 14.8. The van der Waals surface area contributed by atoms with Crippen LogP contribution in [-0.2, 0) is 16.2 Å². The summed E-state index contributed by atoms with van der Waals surface area (Å²) in [7, 11) is -5.57. The summed E-state index contributed by atoms with van der Waals surface area (Å²) in [4.78, 5) is 14.3. The zero-order valence-corrected chi connectivity index (χ0v) is 26.1. The number of aromatic nitrogens is 2. The summed E-state index contributed by atoms with van der Waals surface area (Å²) in [6, 6.07) is 1.97. The van der Waals surface area contributed by atoms with Crippen molar-refractivity contribution in [3.63, 3.8) is 0 Å². The van der Waals surface area contributed by atoms with Crippen LogP contribution in [-0.4, -0.2) is 65.8 Å². The molecule has 0 saturated carbocycles. The molecule has 0 N–H and O–H groups in total. The van der Waals surface area contributed by atoms with E-state index in [1.54, 1.807) is 22.1 Å². The Kier molecular flexibility index (Phi) is 8.74. The number of piperazine rings is 1. The number of anilines is 2. The van der Waals surface area contributed by atoms with E-state index in [9.17, 15) is 43.5 Å². The third kappa shape index (κ3) is 5.55. The van der Waals surface area contributed by atoms with Crippen molar-refractivity contribution in [2.24, 2.45) is 4.99 Å². The summed E-state index contributed by atoms with van der Waals surface area (Å²) >= 11 is 6.08. The number of amidine groups is 1. The van der Waals surface area contributed by atoms with E-state index in [-0.39, 0.29) is 36.3 Å². The molecule has 0 spiro atoms. The number of pyridine rings is 2. The van der Waals surface area contributed by atoms with Crippen LogP contribution in [0.25, 0.3) is 0 Å². The lowest BCUT2D eigenvalue weighted by Crippen LogP contribution is -2.56. The standard InChI is InChI=1S/C28H25ClF8N6O2S/c1-12(2)22-23(13(3)5-6-38-22)43-11-39-26(15-9-16(30)25(29)40-27(15)43)42-8-7-41(10-14(42)4)46(44,45)24-17(28(35,36)37)18(31)19(32)20(33)21(24)34/h5-6,9,12,14H,7-8,10-11H2,1-4H3/t14-/m0/s1. The third-order valence-electron chi connectivity index (χ3n) is 7.71. The smallest absolute Gasteiger partial charge is 0.351 e. The highest BCUT2D eigenvalue weighted by molar-refractivity contribution is 7.89. The van der Waals surface area contributed by atoms with Crippen LogP contribution in [0.3, 0.4) is 0 Å². The molecule has 1 fully saturated rings. The monoisotopic (exact) mass is 696 g/mol. The molecule has 0 bridgehead atoms. The van der Waals surface area contributed by atoms with E-state index in [1.807, 2.05) is 20.8 Å². The van der Waals surface area contributed by atoms with Gasteiger partial charge in [0.05, 0.1) is 16.9 Å². The molecule has 3 aromatic rings. The quantitative estimate of drug-likeness (QED) is 0.134. The lowest BCUT2D eigenvalue weighted by atomic mass is 10.0. The molecule has 8 nitrogen and oxygen atoms in total. The van der Waals surface area contributed by atoms with Crippen LogP contribution >= 0.6 is 11.6 Å². The van der Waals surface area contributed by atoms with Gasteiger partial charge in [-0.1, -0.05) is 25.4 Å². The van der Waals surface area contributed by atoms with E-state index in [1.165, 1.54) is 6.92 Å². The summed E-state index contributed by atoms with van der Waals surface area (Å²) in [6.45, 7) is 5.63. The molecule has 2 aromatic heterocycles. The predicted molar refractivity (Wildman–Crippen MR) is 152 cm³/mol. The van der Waals surface area contributed by atoms with E-state index in [0.29, 0.717) is 15.7 Å². The average Bonchev–Trinajstić information content (AvgIpc) is 2.97. The van der Waals surface area contributed by atoms with Gasteiger partial charge in [-0.25, -0.2) is 40.3 Å². The molecular formula is C28H25ClF8N6O2S. The van der Waals surface area contributed by atoms with Gasteiger partial charge in [-0.3, -0.25) is 4.98 Å². The molecular weight excluding hydrogens is 672 g/mol. The second-order valence-electron chi connectivity index (χ2n) is 11.1. The molecule has 4 heterocycles. The van der Waals surface area contributed by atoms with E-state index < -0.39 is 80.0 Å². The van der Waals surface area contributed by atoms with Crippen molar-refractivity contribution in [2.45, 2.75) is 50.7 Å². The van der Waals surface area contributed by atoms with Crippen LogP contribution in [0.4, 0.5) is 46.6 Å². The molecule has 1 aromatic carbocycles. The Morgan fingerprint density at radius 2 is 1.67 bits per heavy atom. The second kappa shape index (κ2) is 11.9. The van der Waals surface area contributed by atoms with E-state index >= 15 is 0 Å². The number of rotatable bonds is 4. The molecule has 0 aliphatic carbocycles. The predicted octanol–water partition coefficient (Wildman–Crippen LogP) is 6.53. The number of hydrogen-bond acceptors (Lipinski definition) is 7. The van der Waals surface area contributed by atoms with Crippen LogP contribution in [0.5, 0.6) is 0 Å². The SMILES string of the molecule is Cc1ccnc(C(C)C)c1N1CN=C(N2CCN(S(=O)(=O)c3c(F)c(F)c(F)c(F)c3C(F)(F)F)C[C@@H]2C)c2cc(F)c(Cl)nc21. The number of aryl methyl sites for hydroxylation is 1. The van der Waals surface area contributed by atoms with Crippen LogP contribution in [0.2, 0.25) is 5.15 Å². The second-order valence-corrected chi connectivity index (χ2v) is 13.3. The largest absolute Gasteiger partial charge is 0.420 e. The Balaban J connectivity index is 1.53. The summed E-state index contributed by atoms with van der Waals surface area (Å²) in [5, 5.41) is -0.428. The fraction of sp³-hybridized carbons (Fsp3) is 0.393. The Bertz CT molecular complexity index is 1870. The van der Waals surface area contributed by atoms with E-state index in [0.717, 1.165) is 11.6 Å². The van der Waals surface area contributed by atoms with Gasteiger partial charge in [0.25, 0.3) is 0 Å². The molecule has 18 heteroatoms. The number of sulfonamides is 1. The highest BCUT2D eigenvalue weighted by Crippen LogP contribution is 2.42. The first-order chi connectivity index (χ1) is 21.4. The Hall–Kier alpha value is -3.57. The number of fused-ring (bicyclic) bond motifs is 1. The van der Waals surface area contributed by atoms with Crippen molar-refractivity contribution < 1.29 is 43.5 Å². The average molecular weight is 697 g/mol. The summed E-state index contributed by atoms with van der Waals surface area (Å²) in [5.41, 5.74) is -0.422. The molecule has 46 heavy (non-hydrogen) atoms. The summed E-state index contributed by atoms with van der Waals surface area (Å²) in [6.07, 6.45) is -4.24. The van der Waals surface area contributed by atoms with Crippen molar-refractivity contribution in [1.29, 1.82) is 0 Å². The number of halogens is 9. The number of nitrogens with zero attached hydrogens (tertiary/aromatic N) is 6. The molecule has 2 aliphatic rings. The minimum absolute atomic E-state index is 0.0274. The number of aliphatic imine (C=N–C) groups is 1. The van der Waals surface area contributed by atoms with E-state index in [4.69, 9.17) is 11.6 Å². The normalized spacial score (nSPS) is 17.9. The Morgan fingerprint density at radius 3 is 2.28 bits per heavy atom. The van der Waals surface area contributed by atoms with Crippen molar-refractivity contribution in [1.82, 2.24) is 19.2 Å². The molecule has 1 saturated heterocycles. The van der Waals surface area contributed by atoms with E-state index in [2.05, 4.69) is 15.0 Å². The molecule has 0 radical (unpaired) electrons. The van der Waals surface area contributed by atoms with Crippen molar-refractivity contribution >= 4 is 39.0 Å². The summed E-state index contributed by atoms with van der Waals surface area (Å²) < 4.78 is 140. The maximum Gasteiger partial charge on any atom is 0.420 e. The van der Waals surface area contributed by atoms with Crippen molar-refractivity contribution in [2.75, 3.05) is 31.2 Å². The number of hydrogen-bond donors (Lipinski definition) is 0. The van der Waals surface area contributed by atoms with Crippen LogP contribution in [0, 0.1) is 36.0 Å². The Morgan fingerprint density at radius 1 is 1.02 bits per heavy atom. The third-order valence-corrected chi connectivity index (χ3v) is 9.89. The number of benzene rings is 1.